The van der Waals surface area contributed by atoms with Crippen LogP contribution >= 0.6 is 11.6 Å². The molecule has 0 radical (unpaired) electrons. The first kappa shape index (κ1) is 10.7. The molecule has 0 saturated heterocycles. The van der Waals surface area contributed by atoms with Gasteiger partial charge in [-0.15, -0.1) is 0 Å². The summed E-state index contributed by atoms with van der Waals surface area (Å²) in [5.41, 5.74) is 0.169. The minimum absolute atomic E-state index is 0.0418. The summed E-state index contributed by atoms with van der Waals surface area (Å²) in [6.07, 6.45) is 0. The summed E-state index contributed by atoms with van der Waals surface area (Å²) in [6.45, 7) is 0. The number of carboxylic acid groups (broad SMARTS) is 1. The number of nitrogens with zero attached hydrogens (tertiary/aromatic N) is 1. The van der Waals surface area contributed by atoms with Crippen LogP contribution in [0.3, 0.4) is 0 Å². The normalized spacial score (nSPS) is 10.6. The topological polar surface area (TPSA) is 59.3 Å². The van der Waals surface area contributed by atoms with Gasteiger partial charge >= 0.3 is 5.97 Å². The molecule has 4 nitrogen and oxygen atoms in total. The van der Waals surface area contributed by atoms with Crippen LogP contribution in [0.2, 0.25) is 5.02 Å². The molecule has 0 aliphatic carbocycles. The lowest BCUT2D eigenvalue weighted by molar-refractivity contribution is 0.0686. The molecule has 0 aliphatic rings. The molecule has 1 aromatic carbocycles. The predicted octanol–water partition coefficient (Wildman–Crippen LogP) is 1.89. The van der Waals surface area contributed by atoms with E-state index in [1.54, 1.807) is 19.2 Å². The van der Waals surface area contributed by atoms with Crippen LogP contribution in [0.1, 0.15) is 10.5 Å². The molecule has 1 N–H and O–H groups in total. The van der Waals surface area contributed by atoms with Gasteiger partial charge in [-0.1, -0.05) is 11.6 Å². The van der Waals surface area contributed by atoms with Crippen LogP contribution in [0.4, 0.5) is 0 Å². The second-order valence-electron chi connectivity index (χ2n) is 3.42. The number of aromatic nitrogens is 1. The predicted molar refractivity (Wildman–Crippen MR) is 61.2 cm³/mol. The van der Waals surface area contributed by atoms with Crippen molar-refractivity contribution in [1.82, 2.24) is 4.57 Å². The molecular weight excluding hydrogens is 230 g/mol. The van der Waals surface area contributed by atoms with E-state index in [4.69, 9.17) is 16.7 Å². The number of benzene rings is 1. The number of hydrogen-bond acceptors (Lipinski definition) is 2. The van der Waals surface area contributed by atoms with Gasteiger partial charge in [0.15, 0.2) is 5.43 Å². The third-order valence-corrected chi connectivity index (χ3v) is 2.67. The molecule has 0 spiro atoms. The van der Waals surface area contributed by atoms with Crippen LogP contribution in [0.5, 0.6) is 0 Å². The first-order valence-corrected chi connectivity index (χ1v) is 4.91. The minimum atomic E-state index is -1.13. The molecule has 16 heavy (non-hydrogen) atoms. The summed E-state index contributed by atoms with van der Waals surface area (Å²) >= 11 is 5.78. The zero-order valence-corrected chi connectivity index (χ0v) is 9.15. The largest absolute Gasteiger partial charge is 0.477 e. The van der Waals surface area contributed by atoms with E-state index >= 15 is 0 Å². The average Bonchev–Trinajstić information content (AvgIpc) is 2.22. The Kier molecular flexibility index (Phi) is 2.44. The summed E-state index contributed by atoms with van der Waals surface area (Å²) in [5.74, 6) is -1.13. The van der Waals surface area contributed by atoms with Crippen LogP contribution in [0, 0.1) is 0 Å². The van der Waals surface area contributed by atoms with Crippen LogP contribution < -0.4 is 5.43 Å². The lowest BCUT2D eigenvalue weighted by Gasteiger charge is -2.08. The van der Waals surface area contributed by atoms with E-state index < -0.39 is 5.97 Å². The van der Waals surface area contributed by atoms with Gasteiger partial charge in [-0.25, -0.2) is 4.79 Å². The number of rotatable bonds is 1. The van der Waals surface area contributed by atoms with Crippen molar-refractivity contribution in [2.75, 3.05) is 0 Å². The number of fused-ring (bicyclic) bond motifs is 1. The number of hydrogen-bond donors (Lipinski definition) is 1. The van der Waals surface area contributed by atoms with Gasteiger partial charge in [0.1, 0.15) is 5.69 Å². The molecule has 82 valence electrons. The standard InChI is InChI=1S/C11H8ClNO3/c1-13-8-3-2-6(12)4-7(8)10(14)5-9(13)11(15)16/h2-5H,1H3,(H,15,16). The van der Waals surface area contributed by atoms with E-state index in [0.29, 0.717) is 15.9 Å². The lowest BCUT2D eigenvalue weighted by Crippen LogP contribution is -2.15. The van der Waals surface area contributed by atoms with E-state index in [1.165, 1.54) is 10.6 Å². The summed E-state index contributed by atoms with van der Waals surface area (Å²) in [4.78, 5) is 22.6. The Morgan fingerprint density at radius 2 is 2.06 bits per heavy atom. The molecule has 5 heteroatoms. The summed E-state index contributed by atoms with van der Waals surface area (Å²) in [7, 11) is 1.60. The Morgan fingerprint density at radius 3 is 2.69 bits per heavy atom. The molecule has 0 atom stereocenters. The van der Waals surface area contributed by atoms with E-state index in [1.807, 2.05) is 0 Å². The van der Waals surface area contributed by atoms with Gasteiger partial charge in [-0.3, -0.25) is 4.79 Å². The van der Waals surface area contributed by atoms with Gasteiger partial charge in [0.05, 0.1) is 5.52 Å². The highest BCUT2D eigenvalue weighted by molar-refractivity contribution is 6.31. The number of carbonyl (C=O) groups is 1. The van der Waals surface area contributed by atoms with E-state index in [2.05, 4.69) is 0 Å². The van der Waals surface area contributed by atoms with Crippen molar-refractivity contribution in [1.29, 1.82) is 0 Å². The van der Waals surface area contributed by atoms with Gasteiger partial charge in [-0.2, -0.15) is 0 Å². The van der Waals surface area contributed by atoms with Crippen molar-refractivity contribution < 1.29 is 9.90 Å². The van der Waals surface area contributed by atoms with Crippen LogP contribution in [0.15, 0.2) is 29.1 Å². The first-order chi connectivity index (χ1) is 7.50. The smallest absolute Gasteiger partial charge is 0.352 e. The highest BCUT2D eigenvalue weighted by Gasteiger charge is 2.11. The maximum absolute atomic E-state index is 11.7. The molecule has 0 fully saturated rings. The maximum Gasteiger partial charge on any atom is 0.352 e. The monoisotopic (exact) mass is 237 g/mol. The Labute approximate surface area is 95.7 Å². The average molecular weight is 238 g/mol. The van der Waals surface area contributed by atoms with Gasteiger partial charge in [0, 0.05) is 23.5 Å². The maximum atomic E-state index is 11.7. The van der Waals surface area contributed by atoms with E-state index in [9.17, 15) is 9.59 Å². The molecule has 0 unspecified atom stereocenters. The Balaban J connectivity index is 2.96. The van der Waals surface area contributed by atoms with E-state index in [-0.39, 0.29) is 11.1 Å². The van der Waals surface area contributed by atoms with Gasteiger partial charge in [0.25, 0.3) is 0 Å². The Hall–Kier alpha value is -1.81. The van der Waals surface area contributed by atoms with E-state index in [0.717, 1.165) is 6.07 Å². The van der Waals surface area contributed by atoms with Crippen molar-refractivity contribution in [3.8, 4) is 0 Å². The molecular formula is C11H8ClNO3. The van der Waals surface area contributed by atoms with Crippen LogP contribution in [-0.4, -0.2) is 15.6 Å². The third kappa shape index (κ3) is 1.57. The fourth-order valence-corrected chi connectivity index (χ4v) is 1.80. The Morgan fingerprint density at radius 1 is 1.38 bits per heavy atom. The second kappa shape index (κ2) is 3.64. The lowest BCUT2D eigenvalue weighted by atomic mass is 10.2. The third-order valence-electron chi connectivity index (χ3n) is 2.43. The highest BCUT2D eigenvalue weighted by Crippen LogP contribution is 2.17. The number of aryl methyl sites for hydroxylation is 1. The minimum Gasteiger partial charge on any atom is -0.477 e. The number of aromatic carboxylic acids is 1. The second-order valence-corrected chi connectivity index (χ2v) is 3.86. The van der Waals surface area contributed by atoms with Crippen molar-refractivity contribution in [2.24, 2.45) is 7.05 Å². The SMILES string of the molecule is Cn1c(C(=O)O)cc(=O)c2cc(Cl)ccc21. The molecule has 0 saturated carbocycles. The zero-order valence-electron chi connectivity index (χ0n) is 8.40. The molecule has 2 rings (SSSR count). The summed E-state index contributed by atoms with van der Waals surface area (Å²) in [6, 6.07) is 5.88. The Bertz CT molecular complexity index is 645. The molecule has 0 aliphatic heterocycles. The van der Waals surface area contributed by atoms with Crippen molar-refractivity contribution in [3.05, 3.63) is 45.2 Å². The van der Waals surface area contributed by atoms with Crippen molar-refractivity contribution in [3.63, 3.8) is 0 Å². The zero-order chi connectivity index (χ0) is 11.9. The van der Waals surface area contributed by atoms with Gasteiger partial charge < -0.3 is 9.67 Å². The fraction of sp³-hybridized carbons (Fsp3) is 0.0909. The molecule has 1 heterocycles. The first-order valence-electron chi connectivity index (χ1n) is 4.53. The quantitative estimate of drug-likeness (QED) is 0.824. The molecule has 2 aromatic rings. The van der Waals surface area contributed by atoms with Gasteiger partial charge in [-0.05, 0) is 18.2 Å². The van der Waals surface area contributed by atoms with Crippen LogP contribution in [-0.2, 0) is 7.05 Å². The summed E-state index contributed by atoms with van der Waals surface area (Å²) < 4.78 is 1.45. The number of halogens is 1. The molecule has 0 bridgehead atoms. The number of pyridine rings is 1. The summed E-state index contributed by atoms with van der Waals surface area (Å²) in [5, 5.41) is 9.79. The van der Waals surface area contributed by atoms with Crippen LogP contribution in [0.25, 0.3) is 10.9 Å². The molecule has 0 amide bonds. The highest BCUT2D eigenvalue weighted by atomic mass is 35.5. The number of carboxylic acids is 1. The van der Waals surface area contributed by atoms with Crippen molar-refractivity contribution >= 4 is 28.5 Å². The molecule has 1 aromatic heterocycles. The van der Waals surface area contributed by atoms with Crippen molar-refractivity contribution in [2.45, 2.75) is 0 Å². The van der Waals surface area contributed by atoms with Gasteiger partial charge in [0.2, 0.25) is 0 Å². The fourth-order valence-electron chi connectivity index (χ4n) is 1.63.